The highest BCUT2D eigenvalue weighted by molar-refractivity contribution is 5.88. The number of amides is 4. The average molecular weight is 1130 g/mol. The van der Waals surface area contributed by atoms with E-state index in [0.717, 1.165) is 11.1 Å². The van der Waals surface area contributed by atoms with E-state index in [1.807, 2.05) is 12.1 Å². The summed E-state index contributed by atoms with van der Waals surface area (Å²) >= 11 is 0. The predicted octanol–water partition coefficient (Wildman–Crippen LogP) is 8.57. The van der Waals surface area contributed by atoms with Gasteiger partial charge in [-0.25, -0.2) is 14.4 Å². The second kappa shape index (κ2) is 30.2. The van der Waals surface area contributed by atoms with Crippen molar-refractivity contribution in [3.8, 4) is 5.75 Å². The van der Waals surface area contributed by atoms with Crippen LogP contribution in [0.25, 0.3) is 0 Å². The molecule has 2 aromatic rings. The molecule has 0 saturated heterocycles. The largest absolute Gasteiger partial charge is 0.489 e. The Morgan fingerprint density at radius 3 is 1.32 bits per heavy atom. The number of nitrogens with one attached hydrogen (secondary N) is 4. The SMILES string of the molecule is CC(C)(C)OC(=O)CC[C@@H](C(=O)OC(C)(C)C)[C@H](CCC(=O)N[C@@H](CCC(=O)N[C@@H](CCC(=O)NCCc1ccc(OCc2coc(CNC(=O)OC(C)(C)C)c2)cc1)C(=O)OC(C)(C)C)C(=O)OC(C)(C)C)C(=O)OC(C)(C)C. The number of alkyl carbamates (subject to hydrolysis) is 1. The summed E-state index contributed by atoms with van der Waals surface area (Å²) in [4.78, 5) is 120. The number of carbonyl (C=O) groups excluding carboxylic acids is 9. The molecule has 21 heteroatoms. The summed E-state index contributed by atoms with van der Waals surface area (Å²) in [5, 5.41) is 10.7. The summed E-state index contributed by atoms with van der Waals surface area (Å²) in [6.45, 7) is 30.8. The maximum absolute atomic E-state index is 13.9. The molecule has 4 atom stereocenters. The summed E-state index contributed by atoms with van der Waals surface area (Å²) in [5.41, 5.74) is -3.65. The number of benzene rings is 1. The quantitative estimate of drug-likeness (QED) is 0.0481. The van der Waals surface area contributed by atoms with Crippen LogP contribution in [0.5, 0.6) is 5.75 Å². The molecule has 0 bridgehead atoms. The molecule has 0 fully saturated rings. The average Bonchev–Trinajstić information content (AvgIpc) is 3.73. The van der Waals surface area contributed by atoms with Crippen molar-refractivity contribution >= 4 is 53.7 Å². The smallest absolute Gasteiger partial charge is 0.408 e. The van der Waals surface area contributed by atoms with E-state index in [1.54, 1.807) is 149 Å². The van der Waals surface area contributed by atoms with E-state index in [0.29, 0.717) is 17.9 Å². The molecule has 0 radical (unpaired) electrons. The second-order valence-corrected chi connectivity index (χ2v) is 25.6. The molecule has 0 saturated carbocycles. The number of carbonyl (C=O) groups is 9. The molecule has 450 valence electrons. The van der Waals surface area contributed by atoms with E-state index < -0.39 is 112 Å². The fourth-order valence-electron chi connectivity index (χ4n) is 7.42. The molecular weight excluding hydrogens is 1040 g/mol. The number of ether oxygens (including phenoxy) is 7. The third-order valence-electron chi connectivity index (χ3n) is 10.6. The number of rotatable bonds is 27. The number of hydrogen-bond donors (Lipinski definition) is 4. The van der Waals surface area contributed by atoms with E-state index >= 15 is 0 Å². The van der Waals surface area contributed by atoms with Crippen molar-refractivity contribution in [2.45, 2.75) is 241 Å². The second-order valence-electron chi connectivity index (χ2n) is 25.6. The van der Waals surface area contributed by atoms with Gasteiger partial charge < -0.3 is 58.8 Å². The first kappa shape index (κ1) is 69.4. The fourth-order valence-corrected chi connectivity index (χ4v) is 7.42. The summed E-state index contributed by atoms with van der Waals surface area (Å²) in [6, 6.07) is 6.47. The normalized spacial score (nSPS) is 13.7. The molecule has 2 rings (SSSR count). The molecule has 0 unspecified atom stereocenters. The molecule has 0 spiro atoms. The first-order chi connectivity index (χ1) is 36.5. The maximum Gasteiger partial charge on any atom is 0.408 e. The van der Waals surface area contributed by atoms with Gasteiger partial charge in [0.25, 0.3) is 0 Å². The molecule has 4 N–H and O–H groups in total. The lowest BCUT2D eigenvalue weighted by molar-refractivity contribution is -0.174. The van der Waals surface area contributed by atoms with Gasteiger partial charge in [0.2, 0.25) is 17.7 Å². The Bertz CT molecular complexity index is 2390. The third kappa shape index (κ3) is 31.2. The van der Waals surface area contributed by atoms with Crippen LogP contribution in [0.1, 0.15) is 193 Å². The van der Waals surface area contributed by atoms with Crippen LogP contribution in [0.4, 0.5) is 4.79 Å². The minimum Gasteiger partial charge on any atom is -0.489 e. The highest BCUT2D eigenvalue weighted by Gasteiger charge is 2.40. The lowest BCUT2D eigenvalue weighted by Crippen LogP contribution is -2.47. The van der Waals surface area contributed by atoms with Gasteiger partial charge in [-0.15, -0.1) is 0 Å². The summed E-state index contributed by atoms with van der Waals surface area (Å²) in [6.07, 6.45) is -0.533. The van der Waals surface area contributed by atoms with Crippen molar-refractivity contribution in [2.75, 3.05) is 6.54 Å². The van der Waals surface area contributed by atoms with E-state index in [2.05, 4.69) is 21.3 Å². The van der Waals surface area contributed by atoms with Gasteiger partial charge in [-0.3, -0.25) is 28.8 Å². The van der Waals surface area contributed by atoms with Crippen LogP contribution in [0.3, 0.4) is 0 Å². The standard InChI is InChI=1S/C59H92N4O17/c1-54(2,3)75-48(67)30-24-42(50(69)77-56(7,8)9)41(49(68)76-55(4,5)6)23-27-46(65)62-44(52(71)79-58(13,14)15)26-29-47(66)63-43(51(70)78-57(10,11)12)25-28-45(64)60-32-31-37-19-21-39(22-20-37)73-35-38-33-40(74-36-38)34-61-53(72)80-59(16,17)18/h19-22,33,36,41-44H,23-32,34-35H2,1-18H3,(H,60,64)(H,61,72)(H,62,65)(H,63,66)/t41-,42+,43-,44-/m0/s1. The lowest BCUT2D eigenvalue weighted by atomic mass is 9.84. The number of hydrogen-bond acceptors (Lipinski definition) is 17. The van der Waals surface area contributed by atoms with Gasteiger partial charge in [-0.1, -0.05) is 12.1 Å². The Kier molecular flexibility index (Phi) is 26.2. The first-order valence-corrected chi connectivity index (χ1v) is 27.3. The van der Waals surface area contributed by atoms with Crippen LogP contribution in [0.2, 0.25) is 0 Å². The zero-order chi connectivity index (χ0) is 61.0. The van der Waals surface area contributed by atoms with Crippen molar-refractivity contribution in [3.63, 3.8) is 0 Å². The molecule has 1 aromatic carbocycles. The molecule has 1 heterocycles. The fraction of sp³-hybridized carbons (Fsp3) is 0.678. The number of furan rings is 1. The van der Waals surface area contributed by atoms with Gasteiger partial charge in [-0.2, -0.15) is 0 Å². The van der Waals surface area contributed by atoms with Gasteiger partial charge in [0.1, 0.15) is 63.8 Å². The van der Waals surface area contributed by atoms with Crippen LogP contribution < -0.4 is 26.0 Å². The van der Waals surface area contributed by atoms with E-state index in [1.165, 1.54) is 0 Å². The molecule has 4 amide bonds. The summed E-state index contributed by atoms with van der Waals surface area (Å²) in [7, 11) is 0. The minimum atomic E-state index is -1.38. The van der Waals surface area contributed by atoms with Crippen LogP contribution in [-0.2, 0) is 86.3 Å². The van der Waals surface area contributed by atoms with Crippen LogP contribution in [0.15, 0.2) is 41.0 Å². The predicted molar refractivity (Wildman–Crippen MR) is 296 cm³/mol. The highest BCUT2D eigenvalue weighted by Crippen LogP contribution is 2.30. The van der Waals surface area contributed by atoms with Crippen LogP contribution >= 0.6 is 0 Å². The molecule has 80 heavy (non-hydrogen) atoms. The molecule has 21 nitrogen and oxygen atoms in total. The van der Waals surface area contributed by atoms with Crippen molar-refractivity contribution in [1.29, 1.82) is 0 Å². The zero-order valence-electron chi connectivity index (χ0n) is 50.7. The summed E-state index contributed by atoms with van der Waals surface area (Å²) < 4.78 is 44.7. The molecule has 0 aliphatic carbocycles. The van der Waals surface area contributed by atoms with E-state index in [9.17, 15) is 43.2 Å². The van der Waals surface area contributed by atoms with E-state index in [-0.39, 0.29) is 70.5 Å². The van der Waals surface area contributed by atoms with Gasteiger partial charge in [-0.05, 0) is 180 Å². The molecule has 0 aliphatic rings. The Labute approximate surface area is 473 Å². The van der Waals surface area contributed by atoms with Gasteiger partial charge >= 0.3 is 35.9 Å². The lowest BCUT2D eigenvalue weighted by Gasteiger charge is -2.31. The van der Waals surface area contributed by atoms with Crippen LogP contribution in [-0.4, -0.2) is 106 Å². The Balaban J connectivity index is 2.13. The maximum atomic E-state index is 13.9. The van der Waals surface area contributed by atoms with Crippen molar-refractivity contribution in [2.24, 2.45) is 11.8 Å². The topological polar surface area (TPSA) is 279 Å². The Morgan fingerprint density at radius 1 is 0.463 bits per heavy atom. The Hall–Kier alpha value is -6.67. The monoisotopic (exact) mass is 1130 g/mol. The minimum absolute atomic E-state index is 0.121. The number of esters is 5. The van der Waals surface area contributed by atoms with Crippen molar-refractivity contribution < 1.29 is 80.7 Å². The third-order valence-corrected chi connectivity index (χ3v) is 10.6. The van der Waals surface area contributed by atoms with Crippen LogP contribution in [0, 0.1) is 11.8 Å². The van der Waals surface area contributed by atoms with Gasteiger partial charge in [0, 0.05) is 37.8 Å². The van der Waals surface area contributed by atoms with Crippen molar-refractivity contribution in [1.82, 2.24) is 21.3 Å². The highest BCUT2D eigenvalue weighted by atomic mass is 16.6. The molecule has 0 aliphatic heterocycles. The van der Waals surface area contributed by atoms with E-state index in [4.69, 9.17) is 37.6 Å². The molecular formula is C59H92N4O17. The van der Waals surface area contributed by atoms with Gasteiger partial charge in [0.15, 0.2) is 0 Å². The Morgan fingerprint density at radius 2 is 0.875 bits per heavy atom. The van der Waals surface area contributed by atoms with Crippen molar-refractivity contribution in [3.05, 3.63) is 53.5 Å². The first-order valence-electron chi connectivity index (χ1n) is 27.3. The zero-order valence-corrected chi connectivity index (χ0v) is 50.7. The van der Waals surface area contributed by atoms with Gasteiger partial charge in [0.05, 0.1) is 24.6 Å². The summed E-state index contributed by atoms with van der Waals surface area (Å²) in [5.74, 6) is -6.97. The molecule has 1 aromatic heterocycles.